The van der Waals surface area contributed by atoms with Gasteiger partial charge in [0.25, 0.3) is 11.7 Å². The zero-order chi connectivity index (χ0) is 24.8. The highest BCUT2D eigenvalue weighted by molar-refractivity contribution is 6.46. The van der Waals surface area contributed by atoms with Crippen molar-refractivity contribution in [1.29, 1.82) is 0 Å². The molecule has 0 aromatic heterocycles. The van der Waals surface area contributed by atoms with Crippen LogP contribution in [0.1, 0.15) is 63.3 Å². The highest BCUT2D eigenvalue weighted by atomic mass is 16.5. The van der Waals surface area contributed by atoms with Gasteiger partial charge in [0.2, 0.25) is 0 Å². The molecular formula is C28H35NO5. The third-order valence-electron chi connectivity index (χ3n) is 5.67. The quantitative estimate of drug-likeness (QED) is 0.279. The van der Waals surface area contributed by atoms with Crippen LogP contribution in [0.4, 0.5) is 0 Å². The summed E-state index contributed by atoms with van der Waals surface area (Å²) >= 11 is 0. The minimum absolute atomic E-state index is 0.0982. The van der Waals surface area contributed by atoms with E-state index in [0.717, 1.165) is 23.3 Å². The molecular weight excluding hydrogens is 430 g/mol. The van der Waals surface area contributed by atoms with E-state index in [1.54, 1.807) is 23.1 Å². The van der Waals surface area contributed by atoms with Gasteiger partial charge in [-0.2, -0.15) is 0 Å². The zero-order valence-electron chi connectivity index (χ0n) is 20.8. The number of ether oxygens (including phenoxy) is 2. The van der Waals surface area contributed by atoms with Crippen molar-refractivity contribution in [2.75, 3.05) is 19.8 Å². The summed E-state index contributed by atoms with van der Waals surface area (Å²) in [6.07, 6.45) is 1.58. The van der Waals surface area contributed by atoms with E-state index in [4.69, 9.17) is 9.47 Å². The third-order valence-corrected chi connectivity index (χ3v) is 5.67. The Kier molecular flexibility index (Phi) is 8.37. The summed E-state index contributed by atoms with van der Waals surface area (Å²) in [4.78, 5) is 27.6. The van der Waals surface area contributed by atoms with Crippen molar-refractivity contribution in [3.63, 3.8) is 0 Å². The molecule has 0 aliphatic carbocycles. The van der Waals surface area contributed by atoms with Gasteiger partial charge in [-0.3, -0.25) is 9.59 Å². The predicted octanol–water partition coefficient (Wildman–Crippen LogP) is 5.65. The number of likely N-dealkylation sites (tertiary alicyclic amines) is 1. The minimum atomic E-state index is -0.682. The number of ketones is 1. The molecule has 1 amide bonds. The Bertz CT molecular complexity index is 1070. The fraction of sp³-hybridized carbons (Fsp3) is 0.429. The molecule has 34 heavy (non-hydrogen) atoms. The zero-order valence-corrected chi connectivity index (χ0v) is 20.8. The van der Waals surface area contributed by atoms with Gasteiger partial charge in [0.15, 0.2) is 0 Å². The first-order valence-corrected chi connectivity index (χ1v) is 12.0. The largest absolute Gasteiger partial charge is 0.507 e. The highest BCUT2D eigenvalue weighted by Gasteiger charge is 2.45. The first-order chi connectivity index (χ1) is 16.3. The summed E-state index contributed by atoms with van der Waals surface area (Å²) in [5.74, 6) is 0.315. The van der Waals surface area contributed by atoms with Crippen LogP contribution in [0.2, 0.25) is 0 Å². The van der Waals surface area contributed by atoms with Crippen LogP contribution in [-0.2, 0) is 9.59 Å². The maximum absolute atomic E-state index is 13.1. The highest BCUT2D eigenvalue weighted by Crippen LogP contribution is 2.40. The number of hydrogen-bond donors (Lipinski definition) is 1. The summed E-state index contributed by atoms with van der Waals surface area (Å²) in [5.41, 5.74) is 2.16. The van der Waals surface area contributed by atoms with Gasteiger partial charge in [-0.25, -0.2) is 0 Å². The van der Waals surface area contributed by atoms with Gasteiger partial charge < -0.3 is 19.5 Å². The first-order valence-electron chi connectivity index (χ1n) is 12.0. The second-order valence-electron chi connectivity index (χ2n) is 9.10. The lowest BCUT2D eigenvalue weighted by atomic mass is 9.94. The molecule has 1 aliphatic rings. The number of carbonyl (C=O) groups is 2. The Morgan fingerprint density at radius 1 is 1.06 bits per heavy atom. The Morgan fingerprint density at radius 3 is 2.47 bits per heavy atom. The van der Waals surface area contributed by atoms with Crippen molar-refractivity contribution < 1.29 is 24.2 Å². The molecule has 3 rings (SSSR count). The molecule has 0 radical (unpaired) electrons. The first kappa shape index (κ1) is 25.3. The second kappa shape index (κ2) is 11.2. The molecule has 1 heterocycles. The lowest BCUT2D eigenvalue weighted by Gasteiger charge is -2.25. The molecule has 1 aliphatic heterocycles. The van der Waals surface area contributed by atoms with E-state index in [1.807, 2.05) is 45.0 Å². The lowest BCUT2D eigenvalue weighted by Crippen LogP contribution is -2.30. The number of aliphatic hydroxyl groups excluding tert-OH is 1. The van der Waals surface area contributed by atoms with Crippen LogP contribution >= 0.6 is 0 Å². The molecule has 182 valence electrons. The van der Waals surface area contributed by atoms with Gasteiger partial charge >= 0.3 is 0 Å². The Hall–Kier alpha value is -3.28. The number of amides is 1. The molecule has 1 fully saturated rings. The molecule has 1 N–H and O–H groups in total. The van der Waals surface area contributed by atoms with E-state index < -0.39 is 17.7 Å². The lowest BCUT2D eigenvalue weighted by molar-refractivity contribution is -0.139. The Balaban J connectivity index is 2.07. The predicted molar refractivity (Wildman–Crippen MR) is 133 cm³/mol. The summed E-state index contributed by atoms with van der Waals surface area (Å²) in [5, 5.41) is 11.3. The van der Waals surface area contributed by atoms with Crippen LogP contribution in [0.25, 0.3) is 5.76 Å². The van der Waals surface area contributed by atoms with Crippen LogP contribution in [0.15, 0.2) is 48.0 Å². The van der Waals surface area contributed by atoms with Gasteiger partial charge in [0.05, 0.1) is 24.8 Å². The number of carbonyl (C=O) groups excluding carboxylic acids is 2. The summed E-state index contributed by atoms with van der Waals surface area (Å²) < 4.78 is 11.6. The minimum Gasteiger partial charge on any atom is -0.507 e. The average Bonchev–Trinajstić information content (AvgIpc) is 3.07. The maximum atomic E-state index is 13.1. The molecule has 1 saturated heterocycles. The molecule has 0 spiro atoms. The number of aryl methyl sites for hydroxylation is 1. The Morgan fingerprint density at radius 2 is 1.82 bits per heavy atom. The van der Waals surface area contributed by atoms with Crippen molar-refractivity contribution in [2.24, 2.45) is 5.92 Å². The standard InChI is InChI=1S/C28H35NO5/c1-6-13-29-25(20-9-8-10-22(16-20)34-17-18(3)4)24(27(31)28(29)32)26(30)21-11-12-23(19(5)15-21)33-14-7-2/h8-12,15-16,18,25,30H,6-7,13-14,17H2,1-5H3/b26-24+. The van der Waals surface area contributed by atoms with Crippen molar-refractivity contribution in [3.05, 3.63) is 64.7 Å². The Labute approximate surface area is 202 Å². The van der Waals surface area contributed by atoms with Gasteiger partial charge in [-0.1, -0.05) is 39.8 Å². The molecule has 0 saturated carbocycles. The van der Waals surface area contributed by atoms with Gasteiger partial charge in [0, 0.05) is 12.1 Å². The second-order valence-corrected chi connectivity index (χ2v) is 9.10. The average molecular weight is 466 g/mol. The van der Waals surface area contributed by atoms with E-state index in [-0.39, 0.29) is 11.3 Å². The van der Waals surface area contributed by atoms with Crippen molar-refractivity contribution in [2.45, 2.75) is 53.5 Å². The number of hydrogen-bond acceptors (Lipinski definition) is 5. The van der Waals surface area contributed by atoms with Gasteiger partial charge in [0.1, 0.15) is 17.3 Å². The molecule has 1 unspecified atom stereocenters. The van der Waals surface area contributed by atoms with Crippen molar-refractivity contribution in [3.8, 4) is 11.5 Å². The van der Waals surface area contributed by atoms with Gasteiger partial charge in [-0.15, -0.1) is 0 Å². The van der Waals surface area contributed by atoms with Crippen LogP contribution in [0.3, 0.4) is 0 Å². The van der Waals surface area contributed by atoms with Gasteiger partial charge in [-0.05, 0) is 67.1 Å². The monoisotopic (exact) mass is 465 g/mol. The number of rotatable bonds is 10. The van der Waals surface area contributed by atoms with E-state index in [2.05, 4.69) is 13.8 Å². The number of benzene rings is 2. The van der Waals surface area contributed by atoms with E-state index >= 15 is 0 Å². The topological polar surface area (TPSA) is 76.1 Å². The molecule has 2 aromatic rings. The molecule has 1 atom stereocenters. The van der Waals surface area contributed by atoms with Crippen LogP contribution in [0, 0.1) is 12.8 Å². The van der Waals surface area contributed by atoms with Crippen LogP contribution < -0.4 is 9.47 Å². The normalized spacial score (nSPS) is 17.5. The molecule has 2 aromatic carbocycles. The smallest absolute Gasteiger partial charge is 0.295 e. The SMILES string of the molecule is CCCOc1ccc(/C(O)=C2\C(=O)C(=O)N(CCC)C2c2cccc(OCC(C)C)c2)cc1C. The summed E-state index contributed by atoms with van der Waals surface area (Å²) in [6.45, 7) is 11.6. The third kappa shape index (κ3) is 5.44. The van der Waals surface area contributed by atoms with E-state index in [9.17, 15) is 14.7 Å². The molecule has 0 bridgehead atoms. The fourth-order valence-corrected chi connectivity index (χ4v) is 4.06. The number of nitrogens with zero attached hydrogens (tertiary/aromatic N) is 1. The fourth-order valence-electron chi connectivity index (χ4n) is 4.06. The summed E-state index contributed by atoms with van der Waals surface area (Å²) in [7, 11) is 0. The van der Waals surface area contributed by atoms with Crippen molar-refractivity contribution in [1.82, 2.24) is 4.90 Å². The van der Waals surface area contributed by atoms with Crippen molar-refractivity contribution >= 4 is 17.4 Å². The number of aliphatic hydroxyl groups is 1. The molecule has 6 heteroatoms. The molecule has 6 nitrogen and oxygen atoms in total. The number of Topliss-reactive ketones (excluding diaryl/α,β-unsaturated/α-hetero) is 1. The summed E-state index contributed by atoms with van der Waals surface area (Å²) in [6, 6.07) is 12.0. The van der Waals surface area contributed by atoms with E-state index in [1.165, 1.54) is 0 Å². The van der Waals surface area contributed by atoms with E-state index in [0.29, 0.717) is 43.4 Å². The maximum Gasteiger partial charge on any atom is 0.295 e. The van der Waals surface area contributed by atoms with Crippen LogP contribution in [-0.4, -0.2) is 41.5 Å². The van der Waals surface area contributed by atoms with Crippen LogP contribution in [0.5, 0.6) is 11.5 Å².